The molecule has 112 valence electrons. The van der Waals surface area contributed by atoms with E-state index in [4.69, 9.17) is 5.73 Å². The molecule has 1 aliphatic rings. The molecule has 0 saturated carbocycles. The summed E-state index contributed by atoms with van der Waals surface area (Å²) in [5.74, 6) is 0.0801. The monoisotopic (exact) mass is 302 g/mol. The number of allylic oxidation sites excluding steroid dienone is 1. The Morgan fingerprint density at radius 3 is 2.62 bits per heavy atom. The molecule has 0 aliphatic carbocycles. The summed E-state index contributed by atoms with van der Waals surface area (Å²) in [6, 6.07) is 7.67. The van der Waals surface area contributed by atoms with Crippen LogP contribution in [0.3, 0.4) is 0 Å². The molecular weight excluding hydrogens is 280 g/mol. The minimum absolute atomic E-state index is 0.0801. The van der Waals surface area contributed by atoms with Gasteiger partial charge in [0.15, 0.2) is 0 Å². The summed E-state index contributed by atoms with van der Waals surface area (Å²) in [5, 5.41) is -0.172. The van der Waals surface area contributed by atoms with Crippen molar-refractivity contribution in [3.63, 3.8) is 0 Å². The number of benzene rings is 1. The lowest BCUT2D eigenvalue weighted by Gasteiger charge is -2.17. The number of nitrogens with zero attached hydrogens (tertiary/aromatic N) is 1. The highest BCUT2D eigenvalue weighted by Crippen LogP contribution is 2.31. The Hall–Kier alpha value is -1.52. The fourth-order valence-electron chi connectivity index (χ4n) is 2.52. The van der Waals surface area contributed by atoms with Gasteiger partial charge in [0.2, 0.25) is 0 Å². The van der Waals surface area contributed by atoms with Gasteiger partial charge in [-0.05, 0) is 25.3 Å². The quantitative estimate of drug-likeness (QED) is 0.351. The lowest BCUT2D eigenvalue weighted by atomic mass is 10.1. The lowest BCUT2D eigenvalue weighted by Crippen LogP contribution is -2.23. The fraction of sp³-hybridized carbons (Fsp3) is 0.353. The molecule has 0 bridgehead atoms. The van der Waals surface area contributed by atoms with Gasteiger partial charge < -0.3 is 10.6 Å². The molecule has 2 N–H and O–H groups in total. The Labute approximate surface area is 131 Å². The molecule has 0 spiro atoms. The van der Waals surface area contributed by atoms with Crippen LogP contribution in [0.2, 0.25) is 0 Å². The number of amides is 1. The smallest absolute Gasteiger partial charge is 0.258 e. The lowest BCUT2D eigenvalue weighted by molar-refractivity contribution is 0.0849. The number of hydrogen-bond acceptors (Lipinski definition) is 3. The van der Waals surface area contributed by atoms with Gasteiger partial charge in [0.25, 0.3) is 5.91 Å². The van der Waals surface area contributed by atoms with E-state index in [1.54, 1.807) is 4.90 Å². The summed E-state index contributed by atoms with van der Waals surface area (Å²) in [5.41, 5.74) is 8.08. The van der Waals surface area contributed by atoms with Crippen LogP contribution in [0.4, 0.5) is 0 Å². The van der Waals surface area contributed by atoms with Crippen LogP contribution in [-0.4, -0.2) is 22.7 Å². The van der Waals surface area contributed by atoms with Gasteiger partial charge in [-0.3, -0.25) is 4.79 Å². The highest BCUT2D eigenvalue weighted by molar-refractivity contribution is 7.81. The first-order chi connectivity index (χ1) is 10.1. The number of rotatable bonds is 7. The summed E-state index contributed by atoms with van der Waals surface area (Å²) < 4.78 is 0. The first kappa shape index (κ1) is 15.9. The molecule has 1 aliphatic heterocycles. The van der Waals surface area contributed by atoms with E-state index < -0.39 is 0 Å². The van der Waals surface area contributed by atoms with Gasteiger partial charge in [0.05, 0.1) is 5.37 Å². The second-order valence-corrected chi connectivity index (χ2v) is 5.81. The predicted octanol–water partition coefficient (Wildman–Crippen LogP) is 3.44. The van der Waals surface area contributed by atoms with E-state index in [0.29, 0.717) is 0 Å². The first-order valence-electron chi connectivity index (χ1n) is 7.31. The molecule has 1 aromatic rings. The van der Waals surface area contributed by atoms with Crippen molar-refractivity contribution in [2.75, 3.05) is 6.54 Å². The van der Waals surface area contributed by atoms with Gasteiger partial charge in [-0.1, -0.05) is 43.4 Å². The van der Waals surface area contributed by atoms with Crippen LogP contribution >= 0.6 is 12.6 Å². The number of carbonyl (C=O) groups excluding carboxylic acids is 1. The summed E-state index contributed by atoms with van der Waals surface area (Å²) in [4.78, 5) is 14.1. The molecule has 3 nitrogen and oxygen atoms in total. The summed E-state index contributed by atoms with van der Waals surface area (Å²) >= 11 is 4.08. The van der Waals surface area contributed by atoms with E-state index in [0.717, 1.165) is 49.1 Å². The summed E-state index contributed by atoms with van der Waals surface area (Å²) in [6.45, 7) is 4.78. The third kappa shape index (κ3) is 3.99. The standard InChI is InChI=1S/C17H22N2OS/c1-13-14-9-6-7-10-15(14)17(20)19(13)12-8-4-2-3-5-11-16(18)21/h5-7,9-11,16,21H,1-4,8,12,18H2/b11-5+. The normalized spacial score (nSPS) is 15.8. The zero-order valence-electron chi connectivity index (χ0n) is 12.2. The van der Waals surface area contributed by atoms with Crippen molar-refractivity contribution in [1.82, 2.24) is 4.90 Å². The molecule has 1 heterocycles. The molecule has 1 aromatic carbocycles. The largest absolute Gasteiger partial charge is 0.316 e. The maximum Gasteiger partial charge on any atom is 0.258 e. The number of carbonyl (C=O) groups is 1. The molecular formula is C17H22N2OS. The Bertz CT molecular complexity index is 516. The van der Waals surface area contributed by atoms with Crippen LogP contribution < -0.4 is 5.73 Å². The maximum atomic E-state index is 12.3. The Morgan fingerprint density at radius 1 is 1.24 bits per heavy atom. The SMILES string of the molecule is C=C1c2ccccc2C(=O)N1CCCCC/C=C/C(N)S. The van der Waals surface area contributed by atoms with Crippen LogP contribution in [0.25, 0.3) is 5.70 Å². The van der Waals surface area contributed by atoms with Crippen LogP contribution in [0.5, 0.6) is 0 Å². The molecule has 0 saturated heterocycles. The number of thiol groups is 1. The molecule has 1 atom stereocenters. The number of nitrogens with two attached hydrogens (primary N) is 1. The Kier molecular flexibility index (Phi) is 5.65. The van der Waals surface area contributed by atoms with Crippen LogP contribution in [0.15, 0.2) is 43.0 Å². The summed E-state index contributed by atoms with van der Waals surface area (Å²) in [6.07, 6.45) is 8.12. The van der Waals surface area contributed by atoms with Gasteiger partial charge in [-0.25, -0.2) is 0 Å². The molecule has 1 amide bonds. The molecule has 0 aromatic heterocycles. The van der Waals surface area contributed by atoms with Crippen molar-refractivity contribution < 1.29 is 4.79 Å². The first-order valence-corrected chi connectivity index (χ1v) is 7.83. The Morgan fingerprint density at radius 2 is 1.95 bits per heavy atom. The molecule has 2 rings (SSSR count). The van der Waals surface area contributed by atoms with Gasteiger partial charge in [-0.2, -0.15) is 12.6 Å². The zero-order valence-corrected chi connectivity index (χ0v) is 13.1. The van der Waals surface area contributed by atoms with E-state index >= 15 is 0 Å². The van der Waals surface area contributed by atoms with Crippen molar-refractivity contribution in [2.45, 2.75) is 31.1 Å². The van der Waals surface area contributed by atoms with Gasteiger partial charge in [-0.15, -0.1) is 0 Å². The van der Waals surface area contributed by atoms with E-state index in [2.05, 4.69) is 25.3 Å². The van der Waals surface area contributed by atoms with Gasteiger partial charge in [0, 0.05) is 23.4 Å². The molecule has 21 heavy (non-hydrogen) atoms. The average Bonchev–Trinajstić information content (AvgIpc) is 2.71. The van der Waals surface area contributed by atoms with E-state index in [1.807, 2.05) is 30.3 Å². The minimum atomic E-state index is -0.172. The maximum absolute atomic E-state index is 12.3. The van der Waals surface area contributed by atoms with Crippen LogP contribution in [0.1, 0.15) is 41.6 Å². The van der Waals surface area contributed by atoms with E-state index in [9.17, 15) is 4.79 Å². The third-order valence-corrected chi connectivity index (χ3v) is 3.80. The Balaban J connectivity index is 1.76. The van der Waals surface area contributed by atoms with Crippen molar-refractivity contribution >= 4 is 24.2 Å². The van der Waals surface area contributed by atoms with Gasteiger partial charge >= 0.3 is 0 Å². The minimum Gasteiger partial charge on any atom is -0.316 e. The molecule has 1 unspecified atom stereocenters. The van der Waals surface area contributed by atoms with Gasteiger partial charge in [0.1, 0.15) is 0 Å². The van der Waals surface area contributed by atoms with E-state index in [1.165, 1.54) is 0 Å². The summed E-state index contributed by atoms with van der Waals surface area (Å²) in [7, 11) is 0. The van der Waals surface area contributed by atoms with Crippen molar-refractivity contribution in [1.29, 1.82) is 0 Å². The highest BCUT2D eigenvalue weighted by Gasteiger charge is 2.29. The second kappa shape index (κ2) is 7.48. The topological polar surface area (TPSA) is 46.3 Å². The number of hydrogen-bond donors (Lipinski definition) is 2. The third-order valence-electron chi connectivity index (χ3n) is 3.63. The number of fused-ring (bicyclic) bond motifs is 1. The zero-order chi connectivity index (χ0) is 15.2. The average molecular weight is 302 g/mol. The van der Waals surface area contributed by atoms with Crippen molar-refractivity contribution in [3.8, 4) is 0 Å². The van der Waals surface area contributed by atoms with E-state index in [-0.39, 0.29) is 11.3 Å². The van der Waals surface area contributed by atoms with Crippen LogP contribution in [0, 0.1) is 0 Å². The predicted molar refractivity (Wildman–Crippen MR) is 91.1 cm³/mol. The molecule has 4 heteroatoms. The van der Waals surface area contributed by atoms with Crippen molar-refractivity contribution in [3.05, 3.63) is 54.1 Å². The highest BCUT2D eigenvalue weighted by atomic mass is 32.1. The molecule has 0 fully saturated rings. The van der Waals surface area contributed by atoms with Crippen LogP contribution in [-0.2, 0) is 0 Å². The number of unbranched alkanes of at least 4 members (excludes halogenated alkanes) is 3. The fourth-order valence-corrected chi connectivity index (χ4v) is 2.64. The van der Waals surface area contributed by atoms with Crippen molar-refractivity contribution in [2.24, 2.45) is 5.73 Å². The molecule has 0 radical (unpaired) electrons. The second-order valence-electron chi connectivity index (χ2n) is 5.22.